The highest BCUT2D eigenvalue weighted by atomic mass is 79.9. The first kappa shape index (κ1) is 10.5. The zero-order chi connectivity index (χ0) is 9.52. The minimum Gasteiger partial charge on any atom is -0.373 e. The molecule has 0 saturated carbocycles. The monoisotopic (exact) mass is 240 g/mol. The summed E-state index contributed by atoms with van der Waals surface area (Å²) >= 11 is 3.44. The number of hydrogen-bond acceptors (Lipinski definition) is 1. The highest BCUT2D eigenvalue weighted by molar-refractivity contribution is 9.08. The highest BCUT2D eigenvalue weighted by Crippen LogP contribution is 2.13. The molecule has 70 valence electrons. The molecule has 1 rings (SSSR count). The predicted molar refractivity (Wildman–Crippen MR) is 58.9 cm³/mol. The van der Waals surface area contributed by atoms with E-state index in [1.807, 2.05) is 12.1 Å². The van der Waals surface area contributed by atoms with Gasteiger partial charge in [0.15, 0.2) is 0 Å². The molecule has 0 bridgehead atoms. The SMILES string of the molecule is C=CCOCc1ccccc1CBr. The highest BCUT2D eigenvalue weighted by Gasteiger charge is 1.98. The molecule has 0 heterocycles. The summed E-state index contributed by atoms with van der Waals surface area (Å²) in [6.07, 6.45) is 1.76. The van der Waals surface area contributed by atoms with E-state index in [1.165, 1.54) is 11.1 Å². The molecule has 0 unspecified atom stereocenters. The molecule has 1 aromatic rings. The third-order valence-electron chi connectivity index (χ3n) is 1.76. The van der Waals surface area contributed by atoms with E-state index in [-0.39, 0.29) is 0 Å². The van der Waals surface area contributed by atoms with Gasteiger partial charge in [0.1, 0.15) is 0 Å². The second-order valence-corrected chi connectivity index (χ2v) is 3.27. The van der Waals surface area contributed by atoms with Gasteiger partial charge in [-0.3, -0.25) is 0 Å². The van der Waals surface area contributed by atoms with Crippen LogP contribution >= 0.6 is 15.9 Å². The van der Waals surface area contributed by atoms with E-state index < -0.39 is 0 Å². The Morgan fingerprint density at radius 1 is 1.31 bits per heavy atom. The third-order valence-corrected chi connectivity index (χ3v) is 2.36. The molecule has 1 nitrogen and oxygen atoms in total. The second-order valence-electron chi connectivity index (χ2n) is 2.71. The Hall–Kier alpha value is -0.600. The van der Waals surface area contributed by atoms with Crippen molar-refractivity contribution < 1.29 is 4.74 Å². The first-order valence-corrected chi connectivity index (χ1v) is 5.32. The van der Waals surface area contributed by atoms with Crippen LogP contribution in [0.2, 0.25) is 0 Å². The molecular formula is C11H13BrO. The maximum absolute atomic E-state index is 5.37. The smallest absolute Gasteiger partial charge is 0.0724 e. The minimum atomic E-state index is 0.608. The van der Waals surface area contributed by atoms with E-state index in [0.29, 0.717) is 13.2 Å². The number of ether oxygens (including phenoxy) is 1. The Bertz CT molecular complexity index is 271. The molecule has 0 N–H and O–H groups in total. The van der Waals surface area contributed by atoms with Crippen LogP contribution < -0.4 is 0 Å². The molecule has 0 saturated heterocycles. The van der Waals surface area contributed by atoms with E-state index in [0.717, 1.165) is 5.33 Å². The first-order valence-electron chi connectivity index (χ1n) is 4.20. The fourth-order valence-electron chi connectivity index (χ4n) is 1.08. The summed E-state index contributed by atoms with van der Waals surface area (Å²) < 4.78 is 5.37. The summed E-state index contributed by atoms with van der Waals surface area (Å²) in [5, 5.41) is 0.876. The largest absolute Gasteiger partial charge is 0.373 e. The van der Waals surface area contributed by atoms with E-state index in [1.54, 1.807) is 6.08 Å². The molecule has 0 aromatic heterocycles. The Balaban J connectivity index is 2.58. The summed E-state index contributed by atoms with van der Waals surface area (Å²) in [6, 6.07) is 8.24. The van der Waals surface area contributed by atoms with Crippen LogP contribution in [0.3, 0.4) is 0 Å². The van der Waals surface area contributed by atoms with Crippen molar-refractivity contribution in [3.63, 3.8) is 0 Å². The van der Waals surface area contributed by atoms with E-state index in [2.05, 4.69) is 34.6 Å². The molecule has 2 heteroatoms. The lowest BCUT2D eigenvalue weighted by atomic mass is 10.1. The second kappa shape index (κ2) is 5.95. The standard InChI is InChI=1S/C11H13BrO/c1-2-7-13-9-11-6-4-3-5-10(11)8-12/h2-6H,1,7-9H2. The normalized spacial score (nSPS) is 9.92. The van der Waals surface area contributed by atoms with Gasteiger partial charge < -0.3 is 4.74 Å². The summed E-state index contributed by atoms with van der Waals surface area (Å²) in [5.41, 5.74) is 2.52. The van der Waals surface area contributed by atoms with Crippen molar-refractivity contribution in [2.45, 2.75) is 11.9 Å². The van der Waals surface area contributed by atoms with Crippen molar-refractivity contribution >= 4 is 15.9 Å². The van der Waals surface area contributed by atoms with Crippen LogP contribution in [0.25, 0.3) is 0 Å². The maximum atomic E-state index is 5.37. The molecule has 0 aliphatic carbocycles. The molecule has 13 heavy (non-hydrogen) atoms. The number of benzene rings is 1. The van der Waals surface area contributed by atoms with Crippen LogP contribution in [-0.4, -0.2) is 6.61 Å². The Morgan fingerprint density at radius 3 is 2.62 bits per heavy atom. The van der Waals surface area contributed by atoms with Gasteiger partial charge in [0.2, 0.25) is 0 Å². The van der Waals surface area contributed by atoms with E-state index in [4.69, 9.17) is 4.74 Å². The average Bonchev–Trinajstić information content (AvgIpc) is 2.19. The number of rotatable bonds is 5. The van der Waals surface area contributed by atoms with Crippen molar-refractivity contribution in [3.05, 3.63) is 48.0 Å². The van der Waals surface area contributed by atoms with Gasteiger partial charge in [-0.2, -0.15) is 0 Å². The lowest BCUT2D eigenvalue weighted by Crippen LogP contribution is -1.96. The molecule has 0 aliphatic rings. The Morgan fingerprint density at radius 2 is 2.00 bits per heavy atom. The van der Waals surface area contributed by atoms with Gasteiger partial charge in [0.25, 0.3) is 0 Å². The Labute approximate surface area is 87.5 Å². The lowest BCUT2D eigenvalue weighted by molar-refractivity contribution is 0.148. The van der Waals surface area contributed by atoms with Crippen molar-refractivity contribution in [1.82, 2.24) is 0 Å². The van der Waals surface area contributed by atoms with Gasteiger partial charge in [-0.15, -0.1) is 6.58 Å². The van der Waals surface area contributed by atoms with Crippen molar-refractivity contribution in [2.24, 2.45) is 0 Å². The van der Waals surface area contributed by atoms with Crippen molar-refractivity contribution in [1.29, 1.82) is 0 Å². The summed E-state index contributed by atoms with van der Waals surface area (Å²) in [7, 11) is 0. The molecule has 0 aliphatic heterocycles. The Kier molecular flexibility index (Phi) is 4.79. The van der Waals surface area contributed by atoms with Crippen LogP contribution in [0.15, 0.2) is 36.9 Å². The van der Waals surface area contributed by atoms with E-state index in [9.17, 15) is 0 Å². The molecule has 0 atom stereocenters. The van der Waals surface area contributed by atoms with E-state index >= 15 is 0 Å². The topological polar surface area (TPSA) is 9.23 Å². The quantitative estimate of drug-likeness (QED) is 0.436. The van der Waals surface area contributed by atoms with Crippen LogP contribution in [0.5, 0.6) is 0 Å². The zero-order valence-electron chi connectivity index (χ0n) is 7.50. The molecule has 0 fully saturated rings. The zero-order valence-corrected chi connectivity index (χ0v) is 9.09. The summed E-state index contributed by atoms with van der Waals surface area (Å²) in [5.74, 6) is 0. The van der Waals surface area contributed by atoms with Crippen LogP contribution in [0.4, 0.5) is 0 Å². The van der Waals surface area contributed by atoms with Gasteiger partial charge in [0, 0.05) is 5.33 Å². The fourth-order valence-corrected chi connectivity index (χ4v) is 1.63. The predicted octanol–water partition coefficient (Wildman–Crippen LogP) is 3.28. The van der Waals surface area contributed by atoms with Crippen LogP contribution in [-0.2, 0) is 16.7 Å². The molecule has 0 spiro atoms. The van der Waals surface area contributed by atoms with Crippen molar-refractivity contribution in [2.75, 3.05) is 6.61 Å². The fraction of sp³-hybridized carbons (Fsp3) is 0.273. The maximum Gasteiger partial charge on any atom is 0.0724 e. The van der Waals surface area contributed by atoms with Gasteiger partial charge in [0.05, 0.1) is 13.2 Å². The first-order chi connectivity index (χ1) is 6.38. The molecular weight excluding hydrogens is 228 g/mol. The van der Waals surface area contributed by atoms with Crippen LogP contribution in [0, 0.1) is 0 Å². The molecule has 0 radical (unpaired) electrons. The van der Waals surface area contributed by atoms with Gasteiger partial charge in [-0.05, 0) is 11.1 Å². The summed E-state index contributed by atoms with van der Waals surface area (Å²) in [6.45, 7) is 4.87. The van der Waals surface area contributed by atoms with Gasteiger partial charge in [-0.1, -0.05) is 46.3 Å². The number of halogens is 1. The third kappa shape index (κ3) is 3.33. The van der Waals surface area contributed by atoms with Gasteiger partial charge >= 0.3 is 0 Å². The van der Waals surface area contributed by atoms with Gasteiger partial charge in [-0.25, -0.2) is 0 Å². The van der Waals surface area contributed by atoms with Crippen molar-refractivity contribution in [3.8, 4) is 0 Å². The average molecular weight is 241 g/mol. The minimum absolute atomic E-state index is 0.608. The number of alkyl halides is 1. The number of hydrogen-bond donors (Lipinski definition) is 0. The summed E-state index contributed by atoms with van der Waals surface area (Å²) in [4.78, 5) is 0. The molecule has 0 amide bonds. The van der Waals surface area contributed by atoms with Crippen LogP contribution in [0.1, 0.15) is 11.1 Å². The molecule has 1 aromatic carbocycles. The lowest BCUT2D eigenvalue weighted by Gasteiger charge is -2.06.